The normalized spacial score (nSPS) is 20.1. The molecule has 0 spiro atoms. The minimum Gasteiger partial charge on any atom is -0.490 e. The van der Waals surface area contributed by atoms with E-state index in [-0.39, 0.29) is 67.2 Å². The van der Waals surface area contributed by atoms with Gasteiger partial charge in [-0.3, -0.25) is 14.4 Å². The number of carbonyl (C=O) groups excluding carboxylic acids is 3. The number of ether oxygens (including phenoxy) is 1. The molecule has 4 saturated heterocycles. The van der Waals surface area contributed by atoms with Crippen LogP contribution in [0.5, 0.6) is 5.75 Å². The number of aryl methyl sites for hydroxylation is 2. The first kappa shape index (κ1) is 53.4. The third kappa shape index (κ3) is 11.8. The molecule has 4 aliphatic heterocycles. The molecule has 1 aromatic carbocycles. The minimum atomic E-state index is -0.863. The first-order valence-corrected chi connectivity index (χ1v) is 27.8. The van der Waals surface area contributed by atoms with Crippen molar-refractivity contribution in [2.45, 2.75) is 127 Å². The molecule has 74 heavy (non-hydrogen) atoms. The number of nitrogens with zero attached hydrogens (tertiary/aromatic N) is 11. The first-order chi connectivity index (χ1) is 35.6. The smallest absolute Gasteiger partial charge is 0.248 e. The van der Waals surface area contributed by atoms with E-state index in [1.807, 2.05) is 55.4 Å². The van der Waals surface area contributed by atoms with E-state index in [2.05, 4.69) is 42.3 Å². The Morgan fingerprint density at radius 1 is 1.00 bits per heavy atom. The summed E-state index contributed by atoms with van der Waals surface area (Å²) < 4.78 is 8.32. The topological polar surface area (TPSA) is 234 Å². The molecule has 5 aromatic rings. The summed E-state index contributed by atoms with van der Waals surface area (Å²) in [7, 11) is 0. The highest BCUT2D eigenvalue weighted by Gasteiger charge is 2.43. The largest absolute Gasteiger partial charge is 0.490 e. The van der Waals surface area contributed by atoms with Crippen LogP contribution < -0.4 is 25.6 Å². The van der Waals surface area contributed by atoms with Crippen LogP contribution >= 0.6 is 34.7 Å². The van der Waals surface area contributed by atoms with Crippen LogP contribution in [0.3, 0.4) is 0 Å². The van der Waals surface area contributed by atoms with Gasteiger partial charge in [0.2, 0.25) is 17.7 Å². The number of halogens is 1. The van der Waals surface area contributed by atoms with Crippen LogP contribution in [0.15, 0.2) is 58.3 Å². The van der Waals surface area contributed by atoms with Crippen LogP contribution in [0, 0.1) is 31.1 Å². The second-order valence-corrected chi connectivity index (χ2v) is 23.1. The third-order valence-electron chi connectivity index (χ3n) is 15.1. The molecule has 3 atom stereocenters. The average Bonchev–Trinajstić information content (AvgIpc) is 4.15. The van der Waals surface area contributed by atoms with Crippen LogP contribution in [0.4, 0.5) is 11.6 Å². The predicted octanol–water partition coefficient (Wildman–Crippen LogP) is 5.83. The van der Waals surface area contributed by atoms with Gasteiger partial charge < -0.3 is 45.6 Å². The van der Waals surface area contributed by atoms with Crippen molar-refractivity contribution in [2.24, 2.45) is 23.0 Å². The Balaban J connectivity index is 0.794. The lowest BCUT2D eigenvalue weighted by atomic mass is 9.80. The van der Waals surface area contributed by atoms with Gasteiger partial charge in [0.05, 0.1) is 45.7 Å². The zero-order valence-electron chi connectivity index (χ0n) is 42.8. The van der Waals surface area contributed by atoms with Crippen molar-refractivity contribution >= 4 is 64.1 Å². The number of likely N-dealkylation sites (tertiary alicyclic amines) is 2. The predicted molar refractivity (Wildman–Crippen MR) is 284 cm³/mol. The Bertz CT molecular complexity index is 2790. The molecule has 0 unspecified atom stereocenters. The number of amides is 3. The molecule has 0 bridgehead atoms. The molecule has 4 fully saturated rings. The number of aliphatic hydroxyl groups is 2. The molecule has 5 N–H and O–H groups in total. The van der Waals surface area contributed by atoms with Gasteiger partial charge in [-0.15, -0.1) is 16.4 Å². The Kier molecular flexibility index (Phi) is 16.7. The van der Waals surface area contributed by atoms with Crippen molar-refractivity contribution in [2.75, 3.05) is 62.2 Å². The molecular weight excluding hydrogens is 1000 g/mol. The maximum atomic E-state index is 14.0. The fourth-order valence-electron chi connectivity index (χ4n) is 10.6. The molecule has 3 amide bonds. The van der Waals surface area contributed by atoms with Gasteiger partial charge in [-0.2, -0.15) is 0 Å². The van der Waals surface area contributed by atoms with E-state index < -0.39 is 18.2 Å². The molecular formula is C52H68ClN13O6S2. The zero-order valence-corrected chi connectivity index (χ0v) is 45.2. The number of hydrogen-bond acceptors (Lipinski definition) is 17. The van der Waals surface area contributed by atoms with Crippen LogP contribution in [0.2, 0.25) is 5.02 Å². The lowest BCUT2D eigenvalue weighted by molar-refractivity contribution is -0.142. The van der Waals surface area contributed by atoms with Crippen molar-refractivity contribution in [3.8, 4) is 16.2 Å². The van der Waals surface area contributed by atoms with E-state index in [0.29, 0.717) is 97.2 Å². The Morgan fingerprint density at radius 3 is 2.41 bits per heavy atom. The summed E-state index contributed by atoms with van der Waals surface area (Å²) in [6.45, 7) is 14.4. The number of piperidine rings is 3. The van der Waals surface area contributed by atoms with Crippen LogP contribution in [0.25, 0.3) is 10.4 Å². The maximum absolute atomic E-state index is 14.0. The van der Waals surface area contributed by atoms with Gasteiger partial charge in [0.1, 0.15) is 40.5 Å². The van der Waals surface area contributed by atoms with Crippen molar-refractivity contribution < 1.29 is 29.3 Å². The number of anilines is 2. The summed E-state index contributed by atoms with van der Waals surface area (Å²) in [6, 6.07) is 6.27. The Hall–Kier alpha value is -5.45. The molecule has 4 aromatic heterocycles. The highest BCUT2D eigenvalue weighted by Crippen LogP contribution is 2.40. The van der Waals surface area contributed by atoms with E-state index in [1.54, 1.807) is 41.5 Å². The maximum Gasteiger partial charge on any atom is 0.248 e. The zero-order chi connectivity index (χ0) is 52.3. The lowest BCUT2D eigenvalue weighted by Crippen LogP contribution is -2.49. The Labute approximate surface area is 445 Å². The number of thiazole rings is 1. The summed E-state index contributed by atoms with van der Waals surface area (Å²) >= 11 is 9.98. The van der Waals surface area contributed by atoms with Crippen molar-refractivity contribution in [3.05, 3.63) is 76.0 Å². The fourth-order valence-corrected chi connectivity index (χ4v) is 12.5. The van der Waals surface area contributed by atoms with Crippen molar-refractivity contribution in [1.82, 2.24) is 50.0 Å². The van der Waals surface area contributed by atoms with Gasteiger partial charge in [-0.25, -0.2) is 24.6 Å². The SMILES string of the molecule is Cc1cn([C@H](C(=O)N2C[C@H](O)C[C@H]2C(=O)NCc2ccc(-c3scnc3C)cc2OC2CCN(C(=O)C3CCN(c4nccc(Sc5cnc(N6CCC(C)(CN)CC6)c(CO)n5)c4Cl)CC3)CC2)C(C)C)nn1. The monoisotopic (exact) mass is 1070 g/mol. The fraction of sp³-hybridized carbons (Fsp3) is 0.558. The van der Waals surface area contributed by atoms with Gasteiger partial charge in [-0.1, -0.05) is 61.5 Å². The molecule has 9 rings (SSSR count). The van der Waals surface area contributed by atoms with E-state index in [1.165, 1.54) is 16.7 Å². The van der Waals surface area contributed by atoms with E-state index in [4.69, 9.17) is 32.0 Å². The number of nitrogens with two attached hydrogens (primary N) is 1. The molecule has 22 heteroatoms. The van der Waals surface area contributed by atoms with Crippen molar-refractivity contribution in [3.63, 3.8) is 0 Å². The minimum absolute atomic E-state index is 0.0448. The third-order valence-corrected chi connectivity index (χ3v) is 17.6. The number of aromatic nitrogens is 7. The van der Waals surface area contributed by atoms with Crippen molar-refractivity contribution in [1.29, 1.82) is 0 Å². The molecule has 8 heterocycles. The molecule has 0 radical (unpaired) electrons. The van der Waals surface area contributed by atoms with Gasteiger partial charge in [-0.05, 0) is 75.1 Å². The quantitative estimate of drug-likeness (QED) is 0.0911. The summed E-state index contributed by atoms with van der Waals surface area (Å²) in [5.41, 5.74) is 11.8. The van der Waals surface area contributed by atoms with E-state index in [9.17, 15) is 24.6 Å². The number of nitrogens with one attached hydrogen (secondary N) is 1. The number of rotatable bonds is 16. The standard InChI is InChI=1S/C52H68ClN13O6S2/c1-31(2)45(66-26-32(3)60-61-66)51(71)65-27-37(68)23-40(65)49(69)57-24-36-7-6-35(46-33(4)58-30-73-46)22-41(36)72-38-11-18-64(19-12-38)50(70)34-9-16-62(17-10-34)48-44(53)42(8-15-55-48)74-43-25-56-47(39(28-67)59-43)63-20-13-52(5,29-54)14-21-63/h6-8,15,22,25-26,30-31,34,37-38,40,45,67-68H,9-14,16-21,23-24,27-29,54H2,1-5H3,(H,57,69)/t37-,40+,45+/m1/s1. The molecule has 0 aliphatic carbocycles. The van der Waals surface area contributed by atoms with Gasteiger partial charge in [0, 0.05) is 100 Å². The van der Waals surface area contributed by atoms with Gasteiger partial charge >= 0.3 is 0 Å². The number of carbonyl (C=O) groups is 3. The summed E-state index contributed by atoms with van der Waals surface area (Å²) in [4.78, 5) is 70.2. The second kappa shape index (κ2) is 23.2. The second-order valence-electron chi connectivity index (χ2n) is 20.8. The van der Waals surface area contributed by atoms with E-state index in [0.717, 1.165) is 52.5 Å². The average molecular weight is 1070 g/mol. The number of pyridine rings is 1. The summed E-state index contributed by atoms with van der Waals surface area (Å²) in [5.74, 6) is 1.24. The molecule has 4 aliphatic rings. The summed E-state index contributed by atoms with van der Waals surface area (Å²) in [5, 5.41) is 33.4. The van der Waals surface area contributed by atoms with Crippen LogP contribution in [0.1, 0.15) is 94.4 Å². The highest BCUT2D eigenvalue weighted by atomic mass is 35.5. The van der Waals surface area contributed by atoms with Crippen LogP contribution in [-0.2, 0) is 27.5 Å². The van der Waals surface area contributed by atoms with E-state index >= 15 is 0 Å². The number of aliphatic hydroxyl groups excluding tert-OH is 2. The Morgan fingerprint density at radius 2 is 1.74 bits per heavy atom. The first-order valence-electron chi connectivity index (χ1n) is 25.7. The number of hydrogen-bond donors (Lipinski definition) is 4. The highest BCUT2D eigenvalue weighted by molar-refractivity contribution is 7.99. The summed E-state index contributed by atoms with van der Waals surface area (Å²) in [6.07, 6.45) is 8.83. The lowest BCUT2D eigenvalue weighted by Gasteiger charge is -2.39. The molecule has 396 valence electrons. The van der Waals surface area contributed by atoms with Gasteiger partial charge in [0.15, 0.2) is 5.82 Å². The van der Waals surface area contributed by atoms with Gasteiger partial charge in [0.25, 0.3) is 0 Å². The number of β-amino-alcohol motifs (C(OH)–C–C–N with tert-alkyl or cyclic N) is 1. The molecule has 19 nitrogen and oxygen atoms in total. The van der Waals surface area contributed by atoms with Crippen LogP contribution in [-0.4, -0.2) is 143 Å². The molecule has 0 saturated carbocycles. The number of benzene rings is 1.